The Bertz CT molecular complexity index is 2170. The molecule has 0 aliphatic rings. The van der Waals surface area contributed by atoms with Crippen molar-refractivity contribution in [3.63, 3.8) is 0 Å². The lowest BCUT2D eigenvalue weighted by atomic mass is 10.1. The van der Waals surface area contributed by atoms with Crippen LogP contribution in [0.15, 0.2) is 140 Å². The molecule has 0 bridgehead atoms. The molecule has 0 saturated heterocycles. The standard InChI is InChI=1S/C18H14N2.C18H11N.H2/c19-15-9-3-6-12-18(15)20-16-10-4-1-7-13(16)14-8-2-5-11-17(14)20;1-3-10-16-12(6-1)14-8-5-9-15-13-7-2-4-11-17(13)19(16)18(14)15;/h1-12H,19H2;1-11H;1H/i;;1+1. The van der Waals surface area contributed by atoms with Crippen molar-refractivity contribution in [2.45, 2.75) is 0 Å². The van der Waals surface area contributed by atoms with Gasteiger partial charge in [-0.1, -0.05) is 103 Å². The van der Waals surface area contributed by atoms with E-state index in [9.17, 15) is 0 Å². The second-order valence-corrected chi connectivity index (χ2v) is 10.00. The number of nitrogens with zero attached hydrogens (tertiary/aromatic N) is 2. The molecular weight excluding hydrogens is 474 g/mol. The van der Waals surface area contributed by atoms with Crippen LogP contribution in [0.25, 0.3) is 65.6 Å². The molecule has 9 aromatic rings. The Balaban J connectivity index is 0.000000129. The van der Waals surface area contributed by atoms with Gasteiger partial charge < -0.3 is 14.7 Å². The van der Waals surface area contributed by atoms with Crippen molar-refractivity contribution in [1.82, 2.24) is 8.97 Å². The predicted molar refractivity (Wildman–Crippen MR) is 168 cm³/mol. The number of aromatic nitrogens is 2. The molecule has 0 atom stereocenters. The normalized spacial score (nSPS) is 11.7. The summed E-state index contributed by atoms with van der Waals surface area (Å²) < 4.78 is 4.63. The van der Waals surface area contributed by atoms with Crippen LogP contribution in [0.5, 0.6) is 0 Å². The molecule has 0 amide bonds. The van der Waals surface area contributed by atoms with Gasteiger partial charge in [0.1, 0.15) is 0 Å². The third-order valence-corrected chi connectivity index (χ3v) is 7.89. The van der Waals surface area contributed by atoms with Crippen LogP contribution < -0.4 is 5.73 Å². The first-order valence-electron chi connectivity index (χ1n) is 13.3. The Morgan fingerprint density at radius 3 is 1.28 bits per heavy atom. The molecule has 3 heterocycles. The fourth-order valence-electron chi connectivity index (χ4n) is 6.26. The van der Waals surface area contributed by atoms with E-state index in [-0.39, 0.29) is 1.43 Å². The van der Waals surface area contributed by atoms with E-state index in [2.05, 4.69) is 130 Å². The Morgan fingerprint density at radius 2 is 0.769 bits per heavy atom. The topological polar surface area (TPSA) is 35.4 Å². The van der Waals surface area contributed by atoms with E-state index in [4.69, 9.17) is 5.73 Å². The van der Waals surface area contributed by atoms with Gasteiger partial charge in [0.15, 0.2) is 0 Å². The maximum Gasteiger partial charge on any atom is 0.0691 e. The highest BCUT2D eigenvalue weighted by Crippen LogP contribution is 2.38. The summed E-state index contributed by atoms with van der Waals surface area (Å²) in [4.78, 5) is 0. The van der Waals surface area contributed by atoms with Crippen LogP contribution >= 0.6 is 0 Å². The van der Waals surface area contributed by atoms with Crippen LogP contribution in [0.4, 0.5) is 5.69 Å². The minimum absolute atomic E-state index is 0. The summed E-state index contributed by atoms with van der Waals surface area (Å²) in [5.41, 5.74) is 14.3. The van der Waals surface area contributed by atoms with Gasteiger partial charge >= 0.3 is 0 Å². The summed E-state index contributed by atoms with van der Waals surface area (Å²) in [5, 5.41) is 7.90. The number of nitrogen functional groups attached to an aromatic ring is 1. The predicted octanol–water partition coefficient (Wildman–Crippen LogP) is 9.45. The van der Waals surface area contributed by atoms with Gasteiger partial charge in [0.25, 0.3) is 0 Å². The number of nitrogens with two attached hydrogens (primary N) is 1. The van der Waals surface area contributed by atoms with Crippen molar-refractivity contribution >= 4 is 65.6 Å². The van der Waals surface area contributed by atoms with Crippen LogP contribution in [0, 0.1) is 0 Å². The summed E-state index contributed by atoms with van der Waals surface area (Å²) in [7, 11) is 0. The van der Waals surface area contributed by atoms with Crippen molar-refractivity contribution in [2.75, 3.05) is 5.73 Å². The first-order chi connectivity index (χ1) is 19.3. The fourth-order valence-corrected chi connectivity index (χ4v) is 6.26. The molecule has 3 aromatic heterocycles. The second kappa shape index (κ2) is 8.37. The average Bonchev–Trinajstić information content (AvgIpc) is 3.63. The van der Waals surface area contributed by atoms with Gasteiger partial charge in [0.05, 0.1) is 39.0 Å². The van der Waals surface area contributed by atoms with Crippen LogP contribution in [0.3, 0.4) is 0 Å². The molecule has 186 valence electrons. The molecule has 39 heavy (non-hydrogen) atoms. The summed E-state index contributed by atoms with van der Waals surface area (Å²) in [6, 6.07) is 48.8. The summed E-state index contributed by atoms with van der Waals surface area (Å²) in [6.45, 7) is 0. The van der Waals surface area contributed by atoms with E-state index < -0.39 is 0 Å². The highest BCUT2D eigenvalue weighted by molar-refractivity contribution is 6.23. The third-order valence-electron chi connectivity index (χ3n) is 7.89. The number of anilines is 1. The van der Waals surface area contributed by atoms with E-state index >= 15 is 0 Å². The first kappa shape index (κ1) is 21.8. The molecule has 0 unspecified atom stereocenters. The molecule has 6 aromatic carbocycles. The zero-order valence-electron chi connectivity index (χ0n) is 21.3. The smallest absolute Gasteiger partial charge is 0.0691 e. The quantitative estimate of drug-likeness (QED) is 0.223. The van der Waals surface area contributed by atoms with Crippen molar-refractivity contribution < 1.29 is 1.43 Å². The van der Waals surface area contributed by atoms with Crippen LogP contribution in [-0.4, -0.2) is 8.97 Å². The van der Waals surface area contributed by atoms with Gasteiger partial charge in [-0.15, -0.1) is 0 Å². The first-order valence-corrected chi connectivity index (χ1v) is 13.3. The molecule has 0 aliphatic carbocycles. The van der Waals surface area contributed by atoms with E-state index in [1.54, 1.807) is 0 Å². The minimum atomic E-state index is 0. The lowest BCUT2D eigenvalue weighted by Crippen LogP contribution is -1.98. The van der Waals surface area contributed by atoms with Crippen LogP contribution in [0.2, 0.25) is 0 Å². The van der Waals surface area contributed by atoms with Gasteiger partial charge in [-0.05, 0) is 36.4 Å². The summed E-state index contributed by atoms with van der Waals surface area (Å²) >= 11 is 0. The molecular formula is C36H27N3. The van der Waals surface area contributed by atoms with E-state index in [1.807, 2.05) is 18.2 Å². The Labute approximate surface area is 226 Å². The number of rotatable bonds is 1. The highest BCUT2D eigenvalue weighted by Gasteiger charge is 2.16. The molecule has 0 radical (unpaired) electrons. The zero-order chi connectivity index (χ0) is 25.9. The van der Waals surface area contributed by atoms with Crippen LogP contribution in [-0.2, 0) is 0 Å². The van der Waals surface area contributed by atoms with Crippen molar-refractivity contribution in [2.24, 2.45) is 0 Å². The average molecular weight is 503 g/mol. The summed E-state index contributed by atoms with van der Waals surface area (Å²) in [5.74, 6) is 0. The van der Waals surface area contributed by atoms with Gasteiger partial charge in [0.2, 0.25) is 0 Å². The summed E-state index contributed by atoms with van der Waals surface area (Å²) in [6.07, 6.45) is 0. The fraction of sp³-hybridized carbons (Fsp3) is 0. The monoisotopic (exact) mass is 502 g/mol. The Hall–Kier alpha value is -5.28. The van der Waals surface area contributed by atoms with Crippen molar-refractivity contribution in [3.8, 4) is 5.69 Å². The highest BCUT2D eigenvalue weighted by atomic mass is 15.0. The minimum Gasteiger partial charge on any atom is -0.397 e. The van der Waals surface area contributed by atoms with Gasteiger partial charge in [-0.25, -0.2) is 0 Å². The SMILES string of the molecule is Nc1ccccc1-n1c2ccccc2c2ccccc21.[2HH].c1ccc2c(c1)c1cccc3c4ccccc4n2c13. The molecule has 3 heteroatoms. The lowest BCUT2D eigenvalue weighted by Gasteiger charge is -2.10. The zero-order valence-corrected chi connectivity index (χ0v) is 21.3. The molecule has 0 saturated carbocycles. The number of benzene rings is 6. The Morgan fingerprint density at radius 1 is 0.385 bits per heavy atom. The molecule has 0 fully saturated rings. The molecule has 0 aliphatic heterocycles. The Kier molecular flexibility index (Phi) is 4.67. The third kappa shape index (κ3) is 3.11. The number of fused-ring (bicyclic) bond motifs is 9. The second-order valence-electron chi connectivity index (χ2n) is 10.00. The molecule has 3 nitrogen and oxygen atoms in total. The van der Waals surface area contributed by atoms with E-state index in [0.717, 1.165) is 11.4 Å². The van der Waals surface area contributed by atoms with Crippen molar-refractivity contribution in [1.29, 1.82) is 0 Å². The maximum absolute atomic E-state index is 6.17. The van der Waals surface area contributed by atoms with Gasteiger partial charge in [-0.3, -0.25) is 0 Å². The number of para-hydroxylation sites is 7. The lowest BCUT2D eigenvalue weighted by molar-refractivity contribution is 1.18. The van der Waals surface area contributed by atoms with Gasteiger partial charge in [0, 0.05) is 33.7 Å². The molecule has 9 rings (SSSR count). The van der Waals surface area contributed by atoms with E-state index in [1.165, 1.54) is 59.9 Å². The van der Waals surface area contributed by atoms with Gasteiger partial charge in [-0.2, -0.15) is 0 Å². The van der Waals surface area contributed by atoms with Crippen LogP contribution in [0.1, 0.15) is 1.43 Å². The van der Waals surface area contributed by atoms with E-state index in [0.29, 0.717) is 0 Å². The number of hydrogen-bond donors (Lipinski definition) is 1. The van der Waals surface area contributed by atoms with Crippen molar-refractivity contribution in [3.05, 3.63) is 140 Å². The maximum atomic E-state index is 6.17. The molecule has 0 spiro atoms. The number of hydrogen-bond acceptors (Lipinski definition) is 1. The molecule has 2 N–H and O–H groups in total. The largest absolute Gasteiger partial charge is 0.397 e.